The van der Waals surface area contributed by atoms with E-state index in [0.29, 0.717) is 0 Å². The first-order valence-electron chi connectivity index (χ1n) is 0.537. The van der Waals surface area contributed by atoms with Gasteiger partial charge in [0.15, 0.2) is 0 Å². The monoisotopic (exact) mass is 113 g/mol. The van der Waals surface area contributed by atoms with Gasteiger partial charge in [-0.15, -0.1) is 0 Å². The van der Waals surface area contributed by atoms with E-state index < -0.39 is 10.5 Å². The van der Waals surface area contributed by atoms with E-state index in [1.165, 1.54) is 0 Å². The summed E-state index contributed by atoms with van der Waals surface area (Å²) in [6, 6.07) is 0. The SMILES string of the molecule is N=S(=O)=O.P. The van der Waals surface area contributed by atoms with Crippen molar-refractivity contribution in [1.29, 1.82) is 4.78 Å². The minimum absolute atomic E-state index is 0. The highest BCUT2D eigenvalue weighted by atomic mass is 32.2. The smallest absolute Gasteiger partial charge is 0.188 e. The van der Waals surface area contributed by atoms with Crippen LogP contribution in [-0.2, 0) is 10.5 Å². The minimum Gasteiger partial charge on any atom is -0.188 e. The molecule has 3 nitrogen and oxygen atoms in total. The standard InChI is InChI=1S/HNO2S.H3P/c1-4(2)3;/h1H;1H3. The zero-order valence-electron chi connectivity index (χ0n) is 2.43. The largest absolute Gasteiger partial charge is 0.308 e. The predicted octanol–water partition coefficient (Wildman–Crippen LogP) is -0.314. The van der Waals surface area contributed by atoms with Gasteiger partial charge in [-0.2, -0.15) is 23.1 Å². The van der Waals surface area contributed by atoms with Gasteiger partial charge in [0.25, 0.3) is 0 Å². The van der Waals surface area contributed by atoms with E-state index >= 15 is 0 Å². The van der Waals surface area contributed by atoms with Crippen molar-refractivity contribution in [2.24, 2.45) is 0 Å². The number of rotatable bonds is 0. The molecular weight excluding hydrogens is 109 g/mol. The van der Waals surface area contributed by atoms with Crippen LogP contribution in [0.2, 0.25) is 0 Å². The molecule has 1 unspecified atom stereocenters. The van der Waals surface area contributed by atoms with Crippen LogP contribution in [-0.4, -0.2) is 8.42 Å². The Labute approximate surface area is 34.5 Å². The van der Waals surface area contributed by atoms with Gasteiger partial charge in [0.05, 0.1) is 0 Å². The predicted molar refractivity (Wildman–Crippen MR) is 22.7 cm³/mol. The maximum Gasteiger partial charge on any atom is 0.308 e. The molecule has 0 aromatic carbocycles. The molecule has 0 bridgehead atoms. The molecular formula is H4NO2PS. The van der Waals surface area contributed by atoms with Crippen LogP contribution in [0.5, 0.6) is 0 Å². The summed E-state index contributed by atoms with van der Waals surface area (Å²) in [5.74, 6) is 0. The fourth-order valence-corrected chi connectivity index (χ4v) is 0. The zero-order valence-corrected chi connectivity index (χ0v) is 4.66. The van der Waals surface area contributed by atoms with Gasteiger partial charge in [0, 0.05) is 0 Å². The molecule has 32 valence electrons. The molecule has 0 spiro atoms. The number of nitrogens with one attached hydrogen (secondary N) is 1. The Bertz CT molecular complexity index is 79.0. The number of hydrogen-bond donors (Lipinski definition) is 1. The second-order valence-electron chi connectivity index (χ2n) is 0.235. The van der Waals surface area contributed by atoms with Gasteiger partial charge in [-0.05, 0) is 0 Å². The van der Waals surface area contributed by atoms with Crippen LogP contribution < -0.4 is 0 Å². The summed E-state index contributed by atoms with van der Waals surface area (Å²) >= 11 is 0. The molecule has 1 N–H and O–H groups in total. The van der Waals surface area contributed by atoms with Crippen LogP contribution in [0, 0.1) is 4.78 Å². The Kier molecular flexibility index (Phi) is 7.21. The summed E-state index contributed by atoms with van der Waals surface area (Å²) in [4.78, 5) is 0. The third-order valence-corrected chi connectivity index (χ3v) is 0. The molecule has 0 amide bonds. The van der Waals surface area contributed by atoms with Gasteiger partial charge in [0.2, 0.25) is 0 Å². The van der Waals surface area contributed by atoms with E-state index in [1.807, 2.05) is 0 Å². The lowest BCUT2D eigenvalue weighted by molar-refractivity contribution is 0.620. The maximum atomic E-state index is 8.67. The summed E-state index contributed by atoms with van der Waals surface area (Å²) in [5, 5.41) is 0. The molecule has 0 fully saturated rings. The van der Waals surface area contributed by atoms with Gasteiger partial charge in [-0.1, -0.05) is 0 Å². The first-order chi connectivity index (χ1) is 1.73. The highest BCUT2D eigenvalue weighted by Crippen LogP contribution is 1.15. The summed E-state index contributed by atoms with van der Waals surface area (Å²) in [5.41, 5.74) is 0. The molecule has 0 radical (unpaired) electrons. The Morgan fingerprint density at radius 1 is 1.40 bits per heavy atom. The molecule has 5 heavy (non-hydrogen) atoms. The lowest BCUT2D eigenvalue weighted by Gasteiger charge is -1.18. The van der Waals surface area contributed by atoms with Crippen molar-refractivity contribution in [3.8, 4) is 0 Å². The van der Waals surface area contributed by atoms with Crippen molar-refractivity contribution >= 4 is 20.4 Å². The highest BCUT2D eigenvalue weighted by Gasteiger charge is 1.32. The van der Waals surface area contributed by atoms with Crippen molar-refractivity contribution in [2.45, 2.75) is 0 Å². The van der Waals surface area contributed by atoms with E-state index in [2.05, 4.69) is 0 Å². The van der Waals surface area contributed by atoms with Crippen LogP contribution in [0.1, 0.15) is 0 Å². The molecule has 0 rings (SSSR count). The fourth-order valence-electron chi connectivity index (χ4n) is 0. The fraction of sp³-hybridized carbons (Fsp3) is 0. The van der Waals surface area contributed by atoms with Crippen LogP contribution in [0.25, 0.3) is 0 Å². The highest BCUT2D eigenvalue weighted by molar-refractivity contribution is 7.60. The van der Waals surface area contributed by atoms with Crippen LogP contribution in [0.3, 0.4) is 0 Å². The van der Waals surface area contributed by atoms with Crippen LogP contribution in [0.4, 0.5) is 0 Å². The molecule has 0 heterocycles. The molecule has 0 aliphatic heterocycles. The third-order valence-electron chi connectivity index (χ3n) is 0. The molecule has 5 heteroatoms. The van der Waals surface area contributed by atoms with E-state index in [-0.39, 0.29) is 9.90 Å². The van der Waals surface area contributed by atoms with Crippen LogP contribution >= 0.6 is 9.90 Å². The second-order valence-corrected chi connectivity index (χ2v) is 0.704. The molecule has 0 aromatic heterocycles. The maximum absolute atomic E-state index is 8.67. The summed E-state index contributed by atoms with van der Waals surface area (Å²) in [6.07, 6.45) is 0. The zero-order chi connectivity index (χ0) is 3.58. The normalized spacial score (nSPS) is 4.80. The Morgan fingerprint density at radius 3 is 1.40 bits per heavy atom. The average Bonchev–Trinajstić information content (AvgIpc) is 0.811. The van der Waals surface area contributed by atoms with Gasteiger partial charge < -0.3 is 0 Å². The van der Waals surface area contributed by atoms with Gasteiger partial charge in [-0.25, -0.2) is 0 Å². The van der Waals surface area contributed by atoms with Gasteiger partial charge in [-0.3, -0.25) is 0 Å². The van der Waals surface area contributed by atoms with E-state index in [4.69, 9.17) is 13.2 Å². The van der Waals surface area contributed by atoms with Crippen molar-refractivity contribution in [2.75, 3.05) is 0 Å². The van der Waals surface area contributed by atoms with E-state index in [9.17, 15) is 0 Å². The molecule has 0 saturated carbocycles. The molecule has 0 aliphatic rings. The van der Waals surface area contributed by atoms with Gasteiger partial charge in [0.1, 0.15) is 0 Å². The lowest BCUT2D eigenvalue weighted by atomic mass is 14.0. The summed E-state index contributed by atoms with van der Waals surface area (Å²) in [6.45, 7) is 0. The minimum atomic E-state index is -2.61. The Balaban J connectivity index is 0. The topological polar surface area (TPSA) is 58.0 Å². The van der Waals surface area contributed by atoms with Crippen molar-refractivity contribution < 1.29 is 8.42 Å². The lowest BCUT2D eigenvalue weighted by Crippen LogP contribution is -1.34. The summed E-state index contributed by atoms with van der Waals surface area (Å²) in [7, 11) is -2.61. The summed E-state index contributed by atoms with van der Waals surface area (Å²) < 4.78 is 22.8. The Morgan fingerprint density at radius 2 is 1.40 bits per heavy atom. The van der Waals surface area contributed by atoms with Crippen LogP contribution in [0.15, 0.2) is 0 Å². The average molecular weight is 113 g/mol. The molecule has 0 saturated heterocycles. The first-order valence-corrected chi connectivity index (χ1v) is 1.61. The van der Waals surface area contributed by atoms with Crippen molar-refractivity contribution in [3.05, 3.63) is 0 Å². The third kappa shape index (κ3) is 6810. The molecule has 0 aliphatic carbocycles. The van der Waals surface area contributed by atoms with E-state index in [1.54, 1.807) is 0 Å². The quantitative estimate of drug-likeness (QED) is 0.438. The second kappa shape index (κ2) is 4.05. The van der Waals surface area contributed by atoms with Gasteiger partial charge >= 0.3 is 10.5 Å². The first kappa shape index (κ1) is 8.90. The van der Waals surface area contributed by atoms with Crippen molar-refractivity contribution in [1.82, 2.24) is 0 Å². The van der Waals surface area contributed by atoms with Crippen molar-refractivity contribution in [3.63, 3.8) is 0 Å². The van der Waals surface area contributed by atoms with E-state index in [0.717, 1.165) is 0 Å². The molecule has 0 aromatic rings. The number of hydrogen-bond acceptors (Lipinski definition) is 3. The Hall–Kier alpha value is 0.0500. The molecule has 1 atom stereocenters.